The van der Waals surface area contributed by atoms with Crippen LogP contribution >= 0.6 is 0 Å². The molecule has 40 valence electrons. The zero-order valence-electron chi connectivity index (χ0n) is 4.12. The molecule has 0 saturated heterocycles. The molecule has 0 aliphatic heterocycles. The molecule has 0 aliphatic carbocycles. The Morgan fingerprint density at radius 3 is 1.14 bits per heavy atom. The Kier molecular flexibility index (Phi) is 12.7. The fourth-order valence-electron chi connectivity index (χ4n) is 0. The zero-order valence-corrected chi connectivity index (χ0v) is 8.06. The number of rotatable bonds is 0. The monoisotopic (exact) mass is 152 g/mol. The van der Waals surface area contributed by atoms with E-state index in [4.69, 9.17) is 17.5 Å². The second kappa shape index (κ2) is 5.64. The minimum absolute atomic E-state index is 0. The molecule has 0 radical (unpaired) electrons. The van der Waals surface area contributed by atoms with Crippen molar-refractivity contribution in [2.45, 2.75) is 0 Å². The van der Waals surface area contributed by atoms with Crippen LogP contribution in [0.3, 0.4) is 0 Å². The summed E-state index contributed by atoms with van der Waals surface area (Å²) in [6, 6.07) is 0. The fourth-order valence-corrected chi connectivity index (χ4v) is 0. The first kappa shape index (κ1) is 15.8. The Labute approximate surface area is 85.3 Å². The third-order valence-electron chi connectivity index (χ3n) is 0. The number of hydrogen-bond acceptors (Lipinski definition) is 2. The van der Waals surface area contributed by atoms with Crippen molar-refractivity contribution in [3.63, 3.8) is 0 Å². The molecule has 0 saturated carbocycles. The Hall–Kier alpha value is 1.51. The summed E-state index contributed by atoms with van der Waals surface area (Å²) >= 11 is 0. The second-order valence-corrected chi connectivity index (χ2v) is 1.34. The minimum atomic E-state index is -4.67. The van der Waals surface area contributed by atoms with Gasteiger partial charge in [0.15, 0.2) is 0 Å². The van der Waals surface area contributed by atoms with Crippen molar-refractivity contribution in [1.29, 1.82) is 0 Å². The molecule has 2 N–H and O–H groups in total. The van der Waals surface area contributed by atoms with Crippen LogP contribution in [0.2, 0.25) is 0 Å². The zero-order chi connectivity index (χ0) is 4.50. The molecule has 7 heavy (non-hydrogen) atoms. The van der Waals surface area contributed by atoms with Crippen molar-refractivity contribution in [2.24, 2.45) is 0 Å². The van der Waals surface area contributed by atoms with Crippen LogP contribution in [0.15, 0.2) is 0 Å². The van der Waals surface area contributed by atoms with Gasteiger partial charge in [0.1, 0.15) is 0 Å². The molecule has 0 aromatic heterocycles. The van der Waals surface area contributed by atoms with Crippen molar-refractivity contribution < 1.29 is 68.9 Å². The van der Waals surface area contributed by atoms with Gasteiger partial charge in [-0.2, -0.15) is 8.42 Å². The Bertz CT molecular complexity index is 94.9. The van der Waals surface area contributed by atoms with Crippen LogP contribution in [0.5, 0.6) is 0 Å². The first-order chi connectivity index (χ1) is 2.00. The molecule has 0 rings (SSSR count). The smallest absolute Gasteiger partial charge is 0.358 e. The van der Waals surface area contributed by atoms with E-state index in [0.717, 1.165) is 0 Å². The second-order valence-electron chi connectivity index (χ2n) is 0.448. The molecule has 0 atom stereocenters. The van der Waals surface area contributed by atoms with Gasteiger partial charge < -0.3 is 7.43 Å². The topological polar surface area (TPSA) is 74.6 Å². The van der Waals surface area contributed by atoms with Crippen LogP contribution in [0, 0.1) is 7.43 Å². The molecule has 0 aliphatic rings. The van der Waals surface area contributed by atoms with Gasteiger partial charge in [-0.1, -0.05) is 0 Å². The van der Waals surface area contributed by atoms with Crippen LogP contribution in [0.25, 0.3) is 0 Å². The number of hydrogen-bond donors (Lipinski definition) is 2. The van der Waals surface area contributed by atoms with Gasteiger partial charge in [0.25, 0.3) is 0 Å². The summed E-state index contributed by atoms with van der Waals surface area (Å²) in [4.78, 5) is 0. The molecule has 0 amide bonds. The molecule has 0 aromatic rings. The van der Waals surface area contributed by atoms with Gasteiger partial charge in [-0.15, -0.1) is 0 Å². The maximum absolute atomic E-state index is 8.74. The summed E-state index contributed by atoms with van der Waals surface area (Å²) in [6.45, 7) is 0. The van der Waals surface area contributed by atoms with E-state index in [0.29, 0.717) is 0 Å². The summed E-state index contributed by atoms with van der Waals surface area (Å²) in [7, 11) is -4.67. The summed E-state index contributed by atoms with van der Waals surface area (Å²) in [6.07, 6.45) is 0. The third kappa shape index (κ3) is 100. The van der Waals surface area contributed by atoms with E-state index in [1.807, 2.05) is 0 Å². The van der Waals surface area contributed by atoms with Crippen molar-refractivity contribution in [3.8, 4) is 0 Å². The maximum Gasteiger partial charge on any atom is 1.00 e. The molecule has 0 spiro atoms. The van der Waals surface area contributed by atoms with Crippen molar-refractivity contribution in [2.75, 3.05) is 0 Å². The molecule has 0 heterocycles. The van der Waals surface area contributed by atoms with Gasteiger partial charge in [0, 0.05) is 0 Å². The van der Waals surface area contributed by atoms with Crippen molar-refractivity contribution in [1.82, 2.24) is 0 Å². The summed E-state index contributed by atoms with van der Waals surface area (Å²) < 4.78 is 31.6. The normalized spacial score (nSPS) is 8.29. The van der Waals surface area contributed by atoms with E-state index in [2.05, 4.69) is 0 Å². The molecule has 4 nitrogen and oxygen atoms in total. The van der Waals surface area contributed by atoms with Gasteiger partial charge >= 0.3 is 61.8 Å². The predicted molar refractivity (Wildman–Crippen MR) is 20.6 cm³/mol. The molecule has 0 bridgehead atoms. The average molecular weight is 152 g/mol. The van der Waals surface area contributed by atoms with Gasteiger partial charge in [-0.05, 0) is 0 Å². The Balaban J connectivity index is -0.0000000800. The van der Waals surface area contributed by atoms with E-state index in [1.165, 1.54) is 0 Å². The van der Waals surface area contributed by atoms with Gasteiger partial charge in [0.05, 0.1) is 0 Å². The molecule has 0 fully saturated rings. The average Bonchev–Trinajstić information content (AvgIpc) is 0.722. The fraction of sp³-hybridized carbons (Fsp3) is 0. The van der Waals surface area contributed by atoms with Crippen LogP contribution in [-0.2, 0) is 10.4 Å². The first-order valence-corrected chi connectivity index (χ1v) is 2.10. The van der Waals surface area contributed by atoms with E-state index in [1.54, 1.807) is 0 Å². The quantitative estimate of drug-likeness (QED) is 0.218. The van der Waals surface area contributed by atoms with E-state index < -0.39 is 10.4 Å². The Morgan fingerprint density at radius 1 is 1.14 bits per heavy atom. The van der Waals surface area contributed by atoms with Crippen molar-refractivity contribution >= 4 is 10.4 Å². The van der Waals surface area contributed by atoms with E-state index in [9.17, 15) is 0 Å². The first-order valence-electron chi connectivity index (χ1n) is 0.698. The summed E-state index contributed by atoms with van der Waals surface area (Å²) in [5.74, 6) is 0. The summed E-state index contributed by atoms with van der Waals surface area (Å²) in [5.41, 5.74) is 0. The van der Waals surface area contributed by atoms with Gasteiger partial charge in [-0.3, -0.25) is 9.11 Å². The largest absolute Gasteiger partial charge is 1.00 e. The minimum Gasteiger partial charge on any atom is -0.358 e. The molecular weight excluding hydrogens is 147 g/mol. The molecular formula is CH5KO4S. The van der Waals surface area contributed by atoms with E-state index >= 15 is 0 Å². The summed E-state index contributed by atoms with van der Waals surface area (Å²) in [5, 5.41) is 0. The molecule has 0 unspecified atom stereocenters. The van der Waals surface area contributed by atoms with Crippen LogP contribution in [0.1, 0.15) is 0 Å². The standard InChI is InChI=1S/CH3.K.H2O4S/c;;1-5(2,3)4/h1H3;;(H2,1,2,3,4)/q-1;+1;. The molecule has 0 aromatic carbocycles. The maximum atomic E-state index is 8.74. The van der Waals surface area contributed by atoms with Crippen LogP contribution in [0.4, 0.5) is 0 Å². The van der Waals surface area contributed by atoms with Crippen LogP contribution in [-0.4, -0.2) is 17.5 Å². The van der Waals surface area contributed by atoms with E-state index in [-0.39, 0.29) is 58.8 Å². The predicted octanol–water partition coefficient (Wildman–Crippen LogP) is -3.20. The van der Waals surface area contributed by atoms with Crippen LogP contribution < -0.4 is 51.4 Å². The van der Waals surface area contributed by atoms with Gasteiger partial charge in [0.2, 0.25) is 0 Å². The third-order valence-corrected chi connectivity index (χ3v) is 0. The SMILES string of the molecule is O=S(=O)(O)O.[CH3-].[K+]. The van der Waals surface area contributed by atoms with Crippen molar-refractivity contribution in [3.05, 3.63) is 7.43 Å². The molecule has 6 heteroatoms. The Morgan fingerprint density at radius 2 is 1.14 bits per heavy atom. The van der Waals surface area contributed by atoms with Gasteiger partial charge in [-0.25, -0.2) is 0 Å².